The minimum Gasteiger partial charge on any atom is -0.354 e. The molecule has 3 aromatic carbocycles. The maximum Gasteiger partial charge on any atom is 0.243 e. The molecule has 2 amide bonds. The minimum atomic E-state index is -0.637. The number of nitrogens with one attached hydrogen (secondary N) is 1. The van der Waals surface area contributed by atoms with Gasteiger partial charge in [0.25, 0.3) is 0 Å². The largest absolute Gasteiger partial charge is 0.354 e. The molecule has 3 rings (SSSR count). The SMILES string of the molecule is CCCNC(=O)C(Cc1ccccc1)N(Cc1cccc(Cl)c1)C(=O)CSCc1cccc(Cl)c1. The third-order valence-corrected chi connectivity index (χ3v) is 6.90. The third kappa shape index (κ3) is 8.92. The van der Waals surface area contributed by atoms with Crippen molar-refractivity contribution in [3.63, 3.8) is 0 Å². The van der Waals surface area contributed by atoms with Gasteiger partial charge in [-0.3, -0.25) is 9.59 Å². The van der Waals surface area contributed by atoms with E-state index in [-0.39, 0.29) is 17.6 Å². The van der Waals surface area contributed by atoms with E-state index in [1.807, 2.05) is 79.7 Å². The molecule has 4 nitrogen and oxygen atoms in total. The second-order valence-corrected chi connectivity index (χ2v) is 10.1. The van der Waals surface area contributed by atoms with Crippen molar-refractivity contribution in [3.05, 3.63) is 106 Å². The van der Waals surface area contributed by atoms with Gasteiger partial charge in [0.05, 0.1) is 5.75 Å². The number of hydrogen-bond acceptors (Lipinski definition) is 3. The molecule has 0 saturated carbocycles. The molecule has 0 spiro atoms. The summed E-state index contributed by atoms with van der Waals surface area (Å²) >= 11 is 13.8. The van der Waals surface area contributed by atoms with E-state index in [9.17, 15) is 9.59 Å². The Bertz CT molecular complexity index is 1110. The number of thioether (sulfide) groups is 1. The van der Waals surface area contributed by atoms with E-state index < -0.39 is 6.04 Å². The minimum absolute atomic E-state index is 0.0930. The lowest BCUT2D eigenvalue weighted by Crippen LogP contribution is -2.51. The maximum absolute atomic E-state index is 13.6. The number of carbonyl (C=O) groups is 2. The van der Waals surface area contributed by atoms with Gasteiger partial charge in [-0.05, 0) is 47.4 Å². The Labute approximate surface area is 222 Å². The molecule has 0 heterocycles. The Balaban J connectivity index is 1.83. The van der Waals surface area contributed by atoms with Crippen molar-refractivity contribution in [1.82, 2.24) is 10.2 Å². The summed E-state index contributed by atoms with van der Waals surface area (Å²) in [6, 6.07) is 24.2. The predicted molar refractivity (Wildman–Crippen MR) is 147 cm³/mol. The number of rotatable bonds is 12. The normalized spacial score (nSPS) is 11.6. The Kier molecular flexibility index (Phi) is 11.0. The molecule has 3 aromatic rings. The molecule has 0 aliphatic heterocycles. The fourth-order valence-corrected chi connectivity index (χ4v) is 5.00. The zero-order chi connectivity index (χ0) is 25.0. The van der Waals surface area contributed by atoms with Gasteiger partial charge in [0.15, 0.2) is 0 Å². The fraction of sp³-hybridized carbons (Fsp3) is 0.286. The van der Waals surface area contributed by atoms with E-state index in [2.05, 4.69) is 5.32 Å². The number of halogens is 2. The van der Waals surface area contributed by atoms with Gasteiger partial charge in [-0.15, -0.1) is 11.8 Å². The number of benzene rings is 3. The first kappa shape index (κ1) is 27.1. The molecule has 184 valence electrons. The van der Waals surface area contributed by atoms with Crippen molar-refractivity contribution in [2.75, 3.05) is 12.3 Å². The summed E-state index contributed by atoms with van der Waals surface area (Å²) in [5, 5.41) is 4.26. The monoisotopic (exact) mass is 528 g/mol. The van der Waals surface area contributed by atoms with Crippen LogP contribution < -0.4 is 5.32 Å². The fourth-order valence-electron chi connectivity index (χ4n) is 3.72. The smallest absolute Gasteiger partial charge is 0.243 e. The van der Waals surface area contributed by atoms with Gasteiger partial charge in [-0.2, -0.15) is 0 Å². The van der Waals surface area contributed by atoms with Crippen LogP contribution in [0.5, 0.6) is 0 Å². The second-order valence-electron chi connectivity index (χ2n) is 8.27. The third-order valence-electron chi connectivity index (χ3n) is 5.45. The highest BCUT2D eigenvalue weighted by atomic mass is 35.5. The van der Waals surface area contributed by atoms with Gasteiger partial charge in [-0.1, -0.05) is 84.7 Å². The van der Waals surface area contributed by atoms with Crippen molar-refractivity contribution in [2.45, 2.75) is 38.1 Å². The summed E-state index contributed by atoms with van der Waals surface area (Å²) in [5.74, 6) is 0.665. The standard InChI is InChI=1S/C28H30Cl2N2O2S/c1-2-14-31-28(34)26(17-21-8-4-3-5-9-21)32(18-22-10-6-12-24(29)15-22)27(33)20-35-19-23-11-7-13-25(30)16-23/h3-13,15-16,26H,2,14,17-20H2,1H3,(H,31,34). The van der Waals surface area contributed by atoms with Crippen molar-refractivity contribution in [2.24, 2.45) is 0 Å². The molecule has 7 heteroatoms. The molecule has 35 heavy (non-hydrogen) atoms. The zero-order valence-electron chi connectivity index (χ0n) is 19.8. The molecular weight excluding hydrogens is 499 g/mol. The Morgan fingerprint density at radius 2 is 1.51 bits per heavy atom. The summed E-state index contributed by atoms with van der Waals surface area (Å²) < 4.78 is 0. The lowest BCUT2D eigenvalue weighted by atomic mass is 10.0. The highest BCUT2D eigenvalue weighted by Crippen LogP contribution is 2.21. The number of nitrogens with zero attached hydrogens (tertiary/aromatic N) is 1. The van der Waals surface area contributed by atoms with E-state index in [4.69, 9.17) is 23.2 Å². The summed E-state index contributed by atoms with van der Waals surface area (Å²) in [5.41, 5.74) is 2.94. The van der Waals surface area contributed by atoms with Crippen LogP contribution in [0.25, 0.3) is 0 Å². The molecule has 1 N–H and O–H groups in total. The number of amides is 2. The summed E-state index contributed by atoms with van der Waals surface area (Å²) in [6.45, 7) is 2.87. The van der Waals surface area contributed by atoms with Gasteiger partial charge in [0.1, 0.15) is 6.04 Å². The zero-order valence-corrected chi connectivity index (χ0v) is 22.1. The molecule has 1 unspecified atom stereocenters. The molecule has 0 aliphatic carbocycles. The molecule has 0 radical (unpaired) electrons. The van der Waals surface area contributed by atoms with E-state index in [1.165, 1.54) is 11.8 Å². The van der Waals surface area contributed by atoms with Crippen LogP contribution in [0.4, 0.5) is 0 Å². The van der Waals surface area contributed by atoms with Gasteiger partial charge in [0.2, 0.25) is 11.8 Å². The van der Waals surface area contributed by atoms with Crippen LogP contribution in [0.2, 0.25) is 10.0 Å². The topological polar surface area (TPSA) is 49.4 Å². The average Bonchev–Trinajstić information content (AvgIpc) is 2.85. The van der Waals surface area contributed by atoms with Gasteiger partial charge >= 0.3 is 0 Å². The Hall–Kier alpha value is -2.47. The van der Waals surface area contributed by atoms with Crippen LogP contribution in [0, 0.1) is 0 Å². The highest BCUT2D eigenvalue weighted by molar-refractivity contribution is 7.99. The highest BCUT2D eigenvalue weighted by Gasteiger charge is 2.30. The molecule has 0 aliphatic rings. The van der Waals surface area contributed by atoms with Gasteiger partial charge < -0.3 is 10.2 Å². The van der Waals surface area contributed by atoms with Crippen LogP contribution >= 0.6 is 35.0 Å². The molecule has 1 atom stereocenters. The lowest BCUT2D eigenvalue weighted by Gasteiger charge is -2.31. The first-order valence-corrected chi connectivity index (χ1v) is 13.5. The summed E-state index contributed by atoms with van der Waals surface area (Å²) in [6.07, 6.45) is 1.25. The van der Waals surface area contributed by atoms with Crippen molar-refractivity contribution < 1.29 is 9.59 Å². The number of hydrogen-bond donors (Lipinski definition) is 1. The Morgan fingerprint density at radius 3 is 2.17 bits per heavy atom. The van der Waals surface area contributed by atoms with E-state index in [0.29, 0.717) is 35.3 Å². The molecule has 0 aromatic heterocycles. The molecular formula is C28H30Cl2N2O2S. The van der Waals surface area contributed by atoms with Crippen molar-refractivity contribution >= 4 is 46.8 Å². The first-order valence-electron chi connectivity index (χ1n) is 11.6. The summed E-state index contributed by atoms with van der Waals surface area (Å²) in [7, 11) is 0. The van der Waals surface area contributed by atoms with Crippen molar-refractivity contribution in [1.29, 1.82) is 0 Å². The molecule has 0 bridgehead atoms. The molecule has 0 fully saturated rings. The molecule has 0 saturated heterocycles. The van der Waals surface area contributed by atoms with E-state index in [0.717, 1.165) is 23.1 Å². The average molecular weight is 530 g/mol. The van der Waals surface area contributed by atoms with Crippen LogP contribution in [0.1, 0.15) is 30.0 Å². The second kappa shape index (κ2) is 14.2. The lowest BCUT2D eigenvalue weighted by molar-refractivity contribution is -0.139. The van der Waals surface area contributed by atoms with Gasteiger partial charge in [-0.25, -0.2) is 0 Å². The van der Waals surface area contributed by atoms with Crippen molar-refractivity contribution in [3.8, 4) is 0 Å². The van der Waals surface area contributed by atoms with Crippen LogP contribution in [-0.4, -0.2) is 35.1 Å². The van der Waals surface area contributed by atoms with E-state index >= 15 is 0 Å². The number of carbonyl (C=O) groups excluding carboxylic acids is 2. The van der Waals surface area contributed by atoms with E-state index in [1.54, 1.807) is 11.0 Å². The van der Waals surface area contributed by atoms with Gasteiger partial charge in [0, 0.05) is 35.3 Å². The first-order chi connectivity index (χ1) is 17.0. The van der Waals surface area contributed by atoms with Crippen LogP contribution in [-0.2, 0) is 28.3 Å². The quantitative estimate of drug-likeness (QED) is 0.296. The summed E-state index contributed by atoms with van der Waals surface area (Å²) in [4.78, 5) is 28.5. The Morgan fingerprint density at radius 1 is 0.886 bits per heavy atom. The van der Waals surface area contributed by atoms with Crippen LogP contribution in [0.15, 0.2) is 78.9 Å². The van der Waals surface area contributed by atoms with Crippen LogP contribution in [0.3, 0.4) is 0 Å². The predicted octanol–water partition coefficient (Wildman–Crippen LogP) is 6.39. The maximum atomic E-state index is 13.6.